The molecule has 16 heavy (non-hydrogen) atoms. The molecule has 1 N–H and O–H groups in total. The number of carbonyl (C=O) groups is 1. The van der Waals surface area contributed by atoms with E-state index in [0.717, 1.165) is 38.5 Å². The lowest BCUT2D eigenvalue weighted by molar-refractivity contribution is -0.238. The Hall–Kier alpha value is -0.610. The molecule has 0 spiro atoms. The number of methoxy groups -OCH3 is 1. The van der Waals surface area contributed by atoms with Crippen molar-refractivity contribution >= 4 is 5.97 Å². The Morgan fingerprint density at radius 3 is 2.19 bits per heavy atom. The predicted molar refractivity (Wildman–Crippen MR) is 62.1 cm³/mol. The molecule has 0 aromatic carbocycles. The molecule has 96 valence electrons. The van der Waals surface area contributed by atoms with Gasteiger partial charge in [-0.25, -0.2) is 4.79 Å². The fourth-order valence-corrected chi connectivity index (χ4v) is 1.56. The van der Waals surface area contributed by atoms with Crippen LogP contribution in [0.5, 0.6) is 0 Å². The minimum absolute atomic E-state index is 0.206. The molecule has 0 amide bonds. The van der Waals surface area contributed by atoms with Crippen LogP contribution in [0.15, 0.2) is 0 Å². The lowest BCUT2D eigenvalue weighted by Crippen LogP contribution is -2.12. The molecule has 0 fully saturated rings. The first-order valence-electron chi connectivity index (χ1n) is 5.99. The third-order valence-corrected chi connectivity index (χ3v) is 2.89. The first-order valence-corrected chi connectivity index (χ1v) is 5.99. The van der Waals surface area contributed by atoms with Gasteiger partial charge in [-0.1, -0.05) is 32.6 Å². The number of hydrogen-bond acceptors (Lipinski definition) is 4. The van der Waals surface area contributed by atoms with Crippen LogP contribution in [-0.4, -0.2) is 24.4 Å². The molecule has 2 atom stereocenters. The molecular weight excluding hydrogens is 208 g/mol. The highest BCUT2D eigenvalue weighted by atomic mass is 17.1. The summed E-state index contributed by atoms with van der Waals surface area (Å²) >= 11 is 0. The van der Waals surface area contributed by atoms with Crippen molar-refractivity contribution in [2.24, 2.45) is 5.92 Å². The molecule has 0 rings (SSSR count). The topological polar surface area (TPSA) is 55.8 Å². The molecule has 2 unspecified atom stereocenters. The van der Waals surface area contributed by atoms with Crippen molar-refractivity contribution in [3.8, 4) is 0 Å². The molecule has 0 saturated carbocycles. The van der Waals surface area contributed by atoms with E-state index in [9.17, 15) is 4.79 Å². The zero-order valence-corrected chi connectivity index (χ0v) is 10.6. The molecule has 4 heteroatoms. The monoisotopic (exact) mass is 232 g/mol. The normalized spacial score (nSPS) is 14.5. The van der Waals surface area contributed by atoms with Gasteiger partial charge in [0.25, 0.3) is 0 Å². The first-order chi connectivity index (χ1) is 7.61. The molecule has 0 aliphatic heterocycles. The fraction of sp³-hybridized carbons (Fsp3) is 0.917. The zero-order valence-electron chi connectivity index (χ0n) is 10.6. The zero-order chi connectivity index (χ0) is 12.4. The van der Waals surface area contributed by atoms with Crippen molar-refractivity contribution in [1.29, 1.82) is 0 Å². The molecule has 0 heterocycles. The average Bonchev–Trinajstić information content (AvgIpc) is 2.31. The summed E-state index contributed by atoms with van der Waals surface area (Å²) in [4.78, 5) is 14.6. The first kappa shape index (κ1) is 15.4. The van der Waals surface area contributed by atoms with Crippen molar-refractivity contribution in [2.45, 2.75) is 58.5 Å². The lowest BCUT2D eigenvalue weighted by Gasteiger charge is -2.09. The van der Waals surface area contributed by atoms with Crippen LogP contribution in [0.3, 0.4) is 0 Å². The quantitative estimate of drug-likeness (QED) is 0.377. The fourth-order valence-electron chi connectivity index (χ4n) is 1.56. The number of unbranched alkanes of at least 4 members (excludes halogenated alkanes) is 3. The van der Waals surface area contributed by atoms with Crippen molar-refractivity contribution in [3.05, 3.63) is 0 Å². The third kappa shape index (κ3) is 7.65. The standard InChI is InChI=1S/C12H24O4/c1-10(12(13)16-14)8-6-4-5-7-9-11(2)15-3/h10-11,14H,4-9H2,1-3H3. The van der Waals surface area contributed by atoms with Gasteiger partial charge in [0.15, 0.2) is 0 Å². The van der Waals surface area contributed by atoms with Crippen LogP contribution < -0.4 is 0 Å². The van der Waals surface area contributed by atoms with E-state index in [1.54, 1.807) is 14.0 Å². The number of carbonyl (C=O) groups excluding carboxylic acids is 1. The van der Waals surface area contributed by atoms with Gasteiger partial charge in [0, 0.05) is 7.11 Å². The summed E-state index contributed by atoms with van der Waals surface area (Å²) < 4.78 is 5.15. The lowest BCUT2D eigenvalue weighted by atomic mass is 10.0. The van der Waals surface area contributed by atoms with Gasteiger partial charge in [-0.15, -0.1) is 0 Å². The van der Waals surface area contributed by atoms with Gasteiger partial charge in [-0.3, -0.25) is 0 Å². The average molecular weight is 232 g/mol. The van der Waals surface area contributed by atoms with Crippen molar-refractivity contribution in [3.63, 3.8) is 0 Å². The Labute approximate surface area is 97.9 Å². The molecule has 0 aromatic heterocycles. The van der Waals surface area contributed by atoms with Gasteiger partial charge < -0.3 is 9.62 Å². The largest absolute Gasteiger partial charge is 0.382 e. The number of hydrogen-bond donors (Lipinski definition) is 1. The van der Waals surface area contributed by atoms with E-state index in [-0.39, 0.29) is 5.92 Å². The highest BCUT2D eigenvalue weighted by molar-refractivity contribution is 5.71. The molecule has 4 nitrogen and oxygen atoms in total. The molecular formula is C12H24O4. The highest BCUT2D eigenvalue weighted by Gasteiger charge is 2.13. The van der Waals surface area contributed by atoms with Gasteiger partial charge in [0.05, 0.1) is 12.0 Å². The Kier molecular flexibility index (Phi) is 9.24. The Morgan fingerprint density at radius 2 is 1.69 bits per heavy atom. The van der Waals surface area contributed by atoms with E-state index in [0.29, 0.717) is 6.10 Å². The van der Waals surface area contributed by atoms with Gasteiger partial charge in [0.2, 0.25) is 0 Å². The van der Waals surface area contributed by atoms with Crippen LogP contribution in [-0.2, 0) is 14.4 Å². The van der Waals surface area contributed by atoms with Crippen molar-refractivity contribution in [2.75, 3.05) is 7.11 Å². The summed E-state index contributed by atoms with van der Waals surface area (Å²) in [6.45, 7) is 3.84. The summed E-state index contributed by atoms with van der Waals surface area (Å²) in [6, 6.07) is 0. The van der Waals surface area contributed by atoms with E-state index < -0.39 is 5.97 Å². The maximum Gasteiger partial charge on any atom is 0.344 e. The minimum Gasteiger partial charge on any atom is -0.382 e. The van der Waals surface area contributed by atoms with Gasteiger partial charge in [0.1, 0.15) is 0 Å². The summed E-state index contributed by atoms with van der Waals surface area (Å²) in [5.74, 6) is -0.740. The van der Waals surface area contributed by atoms with Crippen molar-refractivity contribution < 1.29 is 19.7 Å². The maximum atomic E-state index is 10.9. The second-order valence-electron chi connectivity index (χ2n) is 4.35. The van der Waals surface area contributed by atoms with Crippen LogP contribution in [0.2, 0.25) is 0 Å². The Balaban J connectivity index is 3.30. The Bertz CT molecular complexity index is 182. The summed E-state index contributed by atoms with van der Waals surface area (Å²) in [5.41, 5.74) is 0. The van der Waals surface area contributed by atoms with Crippen LogP contribution in [0.4, 0.5) is 0 Å². The smallest absolute Gasteiger partial charge is 0.344 e. The van der Waals surface area contributed by atoms with Crippen molar-refractivity contribution in [1.82, 2.24) is 0 Å². The summed E-state index contributed by atoms with van der Waals surface area (Å²) in [5, 5.41) is 8.17. The summed E-state index contributed by atoms with van der Waals surface area (Å²) in [6.07, 6.45) is 6.63. The summed E-state index contributed by atoms with van der Waals surface area (Å²) in [7, 11) is 1.73. The van der Waals surface area contributed by atoms with Crippen LogP contribution in [0, 0.1) is 5.92 Å². The minimum atomic E-state index is -0.534. The van der Waals surface area contributed by atoms with E-state index in [1.807, 2.05) is 0 Å². The molecule has 0 saturated heterocycles. The highest BCUT2D eigenvalue weighted by Crippen LogP contribution is 2.13. The van der Waals surface area contributed by atoms with Crippen LogP contribution >= 0.6 is 0 Å². The van der Waals surface area contributed by atoms with Crippen LogP contribution in [0.1, 0.15) is 52.4 Å². The molecule has 0 radical (unpaired) electrons. The molecule has 0 aliphatic carbocycles. The van der Waals surface area contributed by atoms with Gasteiger partial charge in [-0.2, -0.15) is 5.26 Å². The van der Waals surface area contributed by atoms with E-state index in [1.165, 1.54) is 0 Å². The Morgan fingerprint density at radius 1 is 1.12 bits per heavy atom. The van der Waals surface area contributed by atoms with E-state index in [2.05, 4.69) is 11.8 Å². The molecule has 0 aromatic rings. The van der Waals surface area contributed by atoms with E-state index in [4.69, 9.17) is 9.99 Å². The maximum absolute atomic E-state index is 10.9. The van der Waals surface area contributed by atoms with Crippen LogP contribution in [0.25, 0.3) is 0 Å². The van der Waals surface area contributed by atoms with Gasteiger partial charge >= 0.3 is 5.97 Å². The number of rotatable bonds is 9. The number of ether oxygens (including phenoxy) is 1. The van der Waals surface area contributed by atoms with Gasteiger partial charge in [-0.05, 0) is 19.8 Å². The third-order valence-electron chi connectivity index (χ3n) is 2.89. The molecule has 0 bridgehead atoms. The molecule has 0 aliphatic rings. The predicted octanol–water partition coefficient (Wildman–Crippen LogP) is 3.01. The second kappa shape index (κ2) is 9.60. The SMILES string of the molecule is COC(C)CCCCCCC(C)C(=O)OO. The van der Waals surface area contributed by atoms with E-state index >= 15 is 0 Å². The second-order valence-corrected chi connectivity index (χ2v) is 4.35.